The molecule has 148 valence electrons. The van der Waals surface area contributed by atoms with Gasteiger partial charge in [0.1, 0.15) is 17.7 Å². The molecule has 1 aliphatic rings. The number of nitrogens with zero attached hydrogens (tertiary/aromatic N) is 6. The van der Waals surface area contributed by atoms with Gasteiger partial charge >= 0.3 is 0 Å². The van der Waals surface area contributed by atoms with E-state index in [1.807, 2.05) is 43.8 Å². The molecule has 0 amide bonds. The molecule has 1 atom stereocenters. The Kier molecular flexibility index (Phi) is 5.13. The van der Waals surface area contributed by atoms with Gasteiger partial charge in [0, 0.05) is 50.2 Å². The summed E-state index contributed by atoms with van der Waals surface area (Å²) in [6.45, 7) is 5.75. The fourth-order valence-electron chi connectivity index (χ4n) is 3.63. The zero-order valence-electron chi connectivity index (χ0n) is 16.5. The SMILES string of the molecule is CC(C)c1noc(-c2ccnc(N3CCC(C(O)c4nccn4C)CC3)c2)n1. The molecule has 3 aromatic heterocycles. The maximum absolute atomic E-state index is 10.7. The molecule has 0 spiro atoms. The number of aromatic nitrogens is 5. The zero-order valence-corrected chi connectivity index (χ0v) is 16.5. The molecule has 3 aromatic rings. The summed E-state index contributed by atoms with van der Waals surface area (Å²) in [6.07, 6.45) is 6.61. The van der Waals surface area contributed by atoms with Gasteiger partial charge in [-0.1, -0.05) is 19.0 Å². The second-order valence-electron chi connectivity index (χ2n) is 7.68. The minimum absolute atomic E-state index is 0.199. The Balaban J connectivity index is 1.44. The highest BCUT2D eigenvalue weighted by Gasteiger charge is 2.29. The van der Waals surface area contributed by atoms with Gasteiger partial charge in [0.2, 0.25) is 0 Å². The van der Waals surface area contributed by atoms with E-state index in [-0.39, 0.29) is 11.8 Å². The molecule has 28 heavy (non-hydrogen) atoms. The lowest BCUT2D eigenvalue weighted by Gasteiger charge is -2.34. The second kappa shape index (κ2) is 7.71. The average molecular weight is 382 g/mol. The van der Waals surface area contributed by atoms with Gasteiger partial charge in [-0.05, 0) is 30.9 Å². The van der Waals surface area contributed by atoms with Gasteiger partial charge < -0.3 is 19.1 Å². The topological polar surface area (TPSA) is 93.1 Å². The molecule has 1 unspecified atom stereocenters. The first-order valence-corrected chi connectivity index (χ1v) is 9.73. The maximum atomic E-state index is 10.7. The van der Waals surface area contributed by atoms with E-state index in [9.17, 15) is 5.11 Å². The van der Waals surface area contributed by atoms with Crippen LogP contribution in [0, 0.1) is 5.92 Å². The van der Waals surface area contributed by atoms with Crippen LogP contribution < -0.4 is 4.90 Å². The standard InChI is InChI=1S/C20H26N6O2/c1-13(2)18-23-20(28-24-18)15-4-7-21-16(12-15)26-9-5-14(6-10-26)17(27)19-22-8-11-25(19)3/h4,7-8,11-14,17,27H,5-6,9-10H2,1-3H3. The third kappa shape index (κ3) is 3.64. The van der Waals surface area contributed by atoms with Crippen molar-refractivity contribution >= 4 is 5.82 Å². The number of aliphatic hydroxyl groups is 1. The third-order valence-corrected chi connectivity index (χ3v) is 5.38. The van der Waals surface area contributed by atoms with Crippen molar-refractivity contribution in [2.24, 2.45) is 13.0 Å². The molecule has 4 heterocycles. The monoisotopic (exact) mass is 382 g/mol. The number of anilines is 1. The van der Waals surface area contributed by atoms with Crippen molar-refractivity contribution < 1.29 is 9.63 Å². The molecular formula is C20H26N6O2. The highest BCUT2D eigenvalue weighted by molar-refractivity contribution is 5.58. The van der Waals surface area contributed by atoms with E-state index in [2.05, 4.69) is 25.0 Å². The Morgan fingerprint density at radius 2 is 1.96 bits per heavy atom. The molecular weight excluding hydrogens is 356 g/mol. The molecule has 8 nitrogen and oxygen atoms in total. The summed E-state index contributed by atoms with van der Waals surface area (Å²) in [4.78, 5) is 15.5. The molecule has 4 rings (SSSR count). The van der Waals surface area contributed by atoms with Gasteiger partial charge in [-0.15, -0.1) is 0 Å². The average Bonchev–Trinajstić information content (AvgIpc) is 3.37. The number of piperidine rings is 1. The normalized spacial score (nSPS) is 16.7. The molecule has 8 heteroatoms. The van der Waals surface area contributed by atoms with Crippen LogP contribution in [0.2, 0.25) is 0 Å². The molecule has 0 bridgehead atoms. The van der Waals surface area contributed by atoms with Gasteiger partial charge in [0.25, 0.3) is 5.89 Å². The first-order chi connectivity index (χ1) is 13.5. The van der Waals surface area contributed by atoms with Crippen molar-refractivity contribution in [2.45, 2.75) is 38.7 Å². The number of pyridine rings is 1. The van der Waals surface area contributed by atoms with Gasteiger partial charge in [0.15, 0.2) is 5.82 Å². The highest BCUT2D eigenvalue weighted by atomic mass is 16.5. The predicted octanol–water partition coefficient (Wildman–Crippen LogP) is 2.94. The van der Waals surface area contributed by atoms with Crippen LogP contribution in [0.15, 0.2) is 35.2 Å². The molecule has 1 fully saturated rings. The molecule has 1 aliphatic heterocycles. The summed E-state index contributed by atoms with van der Waals surface area (Å²) in [6, 6.07) is 3.88. The van der Waals surface area contributed by atoms with Gasteiger partial charge in [0.05, 0.1) is 0 Å². The van der Waals surface area contributed by atoms with E-state index in [0.717, 1.165) is 43.1 Å². The Labute approximate surface area is 164 Å². The van der Waals surface area contributed by atoms with Crippen LogP contribution in [0.4, 0.5) is 5.82 Å². The Morgan fingerprint density at radius 1 is 1.18 bits per heavy atom. The molecule has 0 radical (unpaired) electrons. The van der Waals surface area contributed by atoms with Crippen LogP contribution in [0.5, 0.6) is 0 Å². The second-order valence-corrected chi connectivity index (χ2v) is 7.68. The van der Waals surface area contributed by atoms with Crippen LogP contribution in [-0.4, -0.2) is 42.9 Å². The van der Waals surface area contributed by atoms with E-state index in [1.165, 1.54) is 0 Å². The number of aryl methyl sites for hydroxylation is 1. The first-order valence-electron chi connectivity index (χ1n) is 9.73. The van der Waals surface area contributed by atoms with Gasteiger partial charge in [-0.25, -0.2) is 9.97 Å². The molecule has 1 N–H and O–H groups in total. The first kappa shape index (κ1) is 18.6. The van der Waals surface area contributed by atoms with Gasteiger partial charge in [-0.3, -0.25) is 0 Å². The summed E-state index contributed by atoms with van der Waals surface area (Å²) in [5, 5.41) is 14.7. The smallest absolute Gasteiger partial charge is 0.258 e. The predicted molar refractivity (Wildman–Crippen MR) is 105 cm³/mol. The summed E-state index contributed by atoms with van der Waals surface area (Å²) >= 11 is 0. The Hall–Kier alpha value is -2.74. The number of hydrogen-bond donors (Lipinski definition) is 1. The lowest BCUT2D eigenvalue weighted by Crippen LogP contribution is -2.36. The number of rotatable bonds is 5. The van der Waals surface area contributed by atoms with Crippen LogP contribution >= 0.6 is 0 Å². The fourth-order valence-corrected chi connectivity index (χ4v) is 3.63. The van der Waals surface area contributed by atoms with Crippen LogP contribution in [0.25, 0.3) is 11.5 Å². The molecule has 0 aromatic carbocycles. The Bertz CT molecular complexity index is 926. The summed E-state index contributed by atoms with van der Waals surface area (Å²) in [5.74, 6) is 3.28. The Morgan fingerprint density at radius 3 is 2.61 bits per heavy atom. The zero-order chi connectivity index (χ0) is 19.7. The van der Waals surface area contributed by atoms with Crippen molar-refractivity contribution in [3.8, 4) is 11.5 Å². The van der Waals surface area contributed by atoms with Crippen molar-refractivity contribution in [3.63, 3.8) is 0 Å². The van der Waals surface area contributed by atoms with Crippen molar-refractivity contribution in [1.29, 1.82) is 0 Å². The van der Waals surface area contributed by atoms with E-state index in [4.69, 9.17) is 4.52 Å². The molecule has 0 saturated carbocycles. The van der Waals surface area contributed by atoms with E-state index >= 15 is 0 Å². The van der Waals surface area contributed by atoms with E-state index < -0.39 is 6.10 Å². The molecule has 1 saturated heterocycles. The summed E-state index contributed by atoms with van der Waals surface area (Å²) < 4.78 is 7.29. The quantitative estimate of drug-likeness (QED) is 0.725. The molecule has 0 aliphatic carbocycles. The summed E-state index contributed by atoms with van der Waals surface area (Å²) in [7, 11) is 1.92. The van der Waals surface area contributed by atoms with Crippen LogP contribution in [0.1, 0.15) is 50.4 Å². The number of imidazole rings is 1. The lowest BCUT2D eigenvalue weighted by molar-refractivity contribution is 0.0824. The van der Waals surface area contributed by atoms with Crippen LogP contribution in [-0.2, 0) is 7.05 Å². The highest BCUT2D eigenvalue weighted by Crippen LogP contribution is 2.32. The lowest BCUT2D eigenvalue weighted by atomic mass is 9.90. The van der Waals surface area contributed by atoms with Crippen molar-refractivity contribution in [2.75, 3.05) is 18.0 Å². The minimum Gasteiger partial charge on any atom is -0.385 e. The number of hydrogen-bond acceptors (Lipinski definition) is 7. The fraction of sp³-hybridized carbons (Fsp3) is 0.500. The van der Waals surface area contributed by atoms with Crippen LogP contribution in [0.3, 0.4) is 0 Å². The van der Waals surface area contributed by atoms with Crippen molar-refractivity contribution in [1.82, 2.24) is 24.7 Å². The largest absolute Gasteiger partial charge is 0.385 e. The third-order valence-electron chi connectivity index (χ3n) is 5.38. The minimum atomic E-state index is -0.533. The van der Waals surface area contributed by atoms with Gasteiger partial charge in [-0.2, -0.15) is 4.98 Å². The van der Waals surface area contributed by atoms with Crippen molar-refractivity contribution in [3.05, 3.63) is 42.4 Å². The maximum Gasteiger partial charge on any atom is 0.258 e. The van der Waals surface area contributed by atoms with E-state index in [0.29, 0.717) is 11.7 Å². The van der Waals surface area contributed by atoms with E-state index in [1.54, 1.807) is 12.4 Å². The summed E-state index contributed by atoms with van der Waals surface area (Å²) in [5.41, 5.74) is 0.875. The number of aliphatic hydroxyl groups excluding tert-OH is 1.